The van der Waals surface area contributed by atoms with Crippen molar-refractivity contribution in [2.75, 3.05) is 18.5 Å². The minimum Gasteiger partial charge on any atom is -0.491 e. The van der Waals surface area contributed by atoms with Crippen LogP contribution in [0.25, 0.3) is 0 Å². The highest BCUT2D eigenvalue weighted by atomic mass is 79.9. The number of benzene rings is 3. The van der Waals surface area contributed by atoms with E-state index in [1.807, 2.05) is 24.3 Å². The van der Waals surface area contributed by atoms with Gasteiger partial charge in [0.15, 0.2) is 0 Å². The molecule has 3 aromatic carbocycles. The third-order valence-electron chi connectivity index (χ3n) is 4.99. The van der Waals surface area contributed by atoms with E-state index < -0.39 is 5.79 Å². The van der Waals surface area contributed by atoms with Crippen molar-refractivity contribution in [3.05, 3.63) is 99.5 Å². The summed E-state index contributed by atoms with van der Waals surface area (Å²) in [4.78, 5) is 0. The summed E-state index contributed by atoms with van der Waals surface area (Å²) in [5, 5.41) is 1.53. The third kappa shape index (κ3) is 5.01. The Morgan fingerprint density at radius 1 is 0.967 bits per heavy atom. The number of ether oxygens (including phenoxy) is 3. The van der Waals surface area contributed by atoms with E-state index in [-0.39, 0.29) is 6.10 Å². The van der Waals surface area contributed by atoms with Crippen molar-refractivity contribution < 1.29 is 14.2 Å². The van der Waals surface area contributed by atoms with Crippen molar-refractivity contribution >= 4 is 39.1 Å². The molecule has 30 heavy (non-hydrogen) atoms. The molecular weight excluding hydrogens is 487 g/mol. The van der Waals surface area contributed by atoms with Crippen LogP contribution in [-0.4, -0.2) is 24.6 Å². The van der Waals surface area contributed by atoms with Crippen molar-refractivity contribution in [3.8, 4) is 5.75 Å². The first-order chi connectivity index (χ1) is 14.6. The van der Waals surface area contributed by atoms with Gasteiger partial charge in [-0.05, 0) is 41.8 Å². The van der Waals surface area contributed by atoms with Crippen LogP contribution in [0.15, 0.2) is 72.8 Å². The topological polar surface area (TPSA) is 27.7 Å². The molecule has 1 heterocycles. The molecule has 6 heteroatoms. The number of halogens is 3. The largest absolute Gasteiger partial charge is 0.491 e. The van der Waals surface area contributed by atoms with E-state index in [2.05, 4.69) is 52.3 Å². The first-order valence-corrected chi connectivity index (χ1v) is 11.5. The summed E-state index contributed by atoms with van der Waals surface area (Å²) in [6.07, 6.45) is 0.689. The maximum atomic E-state index is 6.37. The van der Waals surface area contributed by atoms with Crippen LogP contribution >= 0.6 is 39.1 Å². The van der Waals surface area contributed by atoms with Crippen molar-refractivity contribution in [1.82, 2.24) is 0 Å². The summed E-state index contributed by atoms with van der Waals surface area (Å²) in [7, 11) is 0. The minimum absolute atomic E-state index is 0.210. The predicted molar refractivity (Wildman–Crippen MR) is 124 cm³/mol. The summed E-state index contributed by atoms with van der Waals surface area (Å²) in [6, 6.07) is 23.9. The second-order valence-corrected chi connectivity index (χ2v) is 8.58. The van der Waals surface area contributed by atoms with Crippen LogP contribution in [0.3, 0.4) is 0 Å². The molecular formula is C24H21BrCl2O3. The van der Waals surface area contributed by atoms with Crippen molar-refractivity contribution in [3.63, 3.8) is 0 Å². The summed E-state index contributed by atoms with van der Waals surface area (Å²) in [6.45, 7) is 0.800. The summed E-state index contributed by atoms with van der Waals surface area (Å²) in [5.41, 5.74) is 3.28. The van der Waals surface area contributed by atoms with Crippen LogP contribution < -0.4 is 4.74 Å². The van der Waals surface area contributed by atoms with Gasteiger partial charge < -0.3 is 14.2 Å². The molecule has 2 atom stereocenters. The van der Waals surface area contributed by atoms with E-state index in [0.717, 1.165) is 17.7 Å². The fourth-order valence-corrected chi connectivity index (χ4v) is 4.60. The molecule has 3 nitrogen and oxygen atoms in total. The molecule has 0 spiro atoms. The van der Waals surface area contributed by atoms with Gasteiger partial charge in [0.2, 0.25) is 5.79 Å². The van der Waals surface area contributed by atoms with Gasteiger partial charge in [-0.25, -0.2) is 0 Å². The van der Waals surface area contributed by atoms with Gasteiger partial charge in [-0.1, -0.05) is 87.7 Å². The van der Waals surface area contributed by atoms with Gasteiger partial charge in [-0.3, -0.25) is 0 Å². The number of hydrogen-bond acceptors (Lipinski definition) is 3. The molecule has 3 aromatic rings. The van der Waals surface area contributed by atoms with E-state index in [0.29, 0.717) is 28.6 Å². The maximum Gasteiger partial charge on any atom is 0.206 e. The lowest BCUT2D eigenvalue weighted by Crippen LogP contribution is -2.31. The van der Waals surface area contributed by atoms with Gasteiger partial charge in [-0.2, -0.15) is 0 Å². The molecule has 4 rings (SSSR count). The maximum absolute atomic E-state index is 6.37. The SMILES string of the molecule is Clc1ccc(C2(CBr)OCC(COc3ccc(Cc4ccccc4)cc3)O2)c(Cl)c1. The fourth-order valence-electron chi connectivity index (χ4n) is 3.45. The van der Waals surface area contributed by atoms with E-state index in [1.165, 1.54) is 11.1 Å². The van der Waals surface area contributed by atoms with Crippen molar-refractivity contribution in [2.24, 2.45) is 0 Å². The second-order valence-electron chi connectivity index (χ2n) is 7.18. The fraction of sp³-hybridized carbons (Fsp3) is 0.250. The lowest BCUT2D eigenvalue weighted by Gasteiger charge is -2.27. The Morgan fingerprint density at radius 3 is 2.40 bits per heavy atom. The zero-order valence-electron chi connectivity index (χ0n) is 16.2. The number of alkyl halides is 1. The molecule has 1 saturated heterocycles. The summed E-state index contributed by atoms with van der Waals surface area (Å²) >= 11 is 15.9. The number of rotatable bonds is 7. The molecule has 1 aliphatic rings. The van der Waals surface area contributed by atoms with Crippen LogP contribution in [0.5, 0.6) is 5.75 Å². The van der Waals surface area contributed by atoms with Gasteiger partial charge in [-0.15, -0.1) is 0 Å². The van der Waals surface area contributed by atoms with E-state index in [9.17, 15) is 0 Å². The van der Waals surface area contributed by atoms with Crippen LogP contribution in [0.1, 0.15) is 16.7 Å². The molecule has 0 radical (unpaired) electrons. The smallest absolute Gasteiger partial charge is 0.206 e. The first-order valence-electron chi connectivity index (χ1n) is 9.67. The van der Waals surface area contributed by atoms with Gasteiger partial charge >= 0.3 is 0 Å². The van der Waals surface area contributed by atoms with Crippen LogP contribution in [0, 0.1) is 0 Å². The van der Waals surface area contributed by atoms with Gasteiger partial charge in [0.1, 0.15) is 18.5 Å². The Balaban J connectivity index is 1.35. The molecule has 0 N–H and O–H groups in total. The van der Waals surface area contributed by atoms with Crippen LogP contribution in [-0.2, 0) is 21.7 Å². The molecule has 0 aromatic heterocycles. The second kappa shape index (κ2) is 9.71. The lowest BCUT2D eigenvalue weighted by atomic mass is 10.1. The lowest BCUT2D eigenvalue weighted by molar-refractivity contribution is -0.159. The van der Waals surface area contributed by atoms with Gasteiger partial charge in [0, 0.05) is 10.6 Å². The zero-order valence-corrected chi connectivity index (χ0v) is 19.3. The Kier molecular flexibility index (Phi) is 7.01. The van der Waals surface area contributed by atoms with Crippen LogP contribution in [0.2, 0.25) is 10.0 Å². The molecule has 1 aliphatic heterocycles. The number of hydrogen-bond donors (Lipinski definition) is 0. The summed E-state index contributed by atoms with van der Waals surface area (Å²) < 4.78 is 18.2. The normalized spacial score (nSPS) is 21.0. The minimum atomic E-state index is -0.949. The van der Waals surface area contributed by atoms with E-state index in [4.69, 9.17) is 37.4 Å². The standard InChI is InChI=1S/C24H21BrCl2O3/c25-16-24(22-11-8-19(26)13-23(22)27)29-15-21(30-24)14-28-20-9-6-18(7-10-20)12-17-4-2-1-3-5-17/h1-11,13,21H,12,14-16H2. The van der Waals surface area contributed by atoms with Crippen LogP contribution in [0.4, 0.5) is 0 Å². The highest BCUT2D eigenvalue weighted by Crippen LogP contribution is 2.40. The average Bonchev–Trinajstić information content (AvgIpc) is 3.18. The van der Waals surface area contributed by atoms with Gasteiger partial charge in [0.05, 0.1) is 17.0 Å². The Bertz CT molecular complexity index is 982. The molecule has 156 valence electrons. The Morgan fingerprint density at radius 2 is 1.70 bits per heavy atom. The van der Waals surface area contributed by atoms with Crippen molar-refractivity contribution in [1.29, 1.82) is 0 Å². The zero-order chi connectivity index (χ0) is 21.0. The average molecular weight is 508 g/mol. The third-order valence-corrected chi connectivity index (χ3v) is 6.27. The quantitative estimate of drug-likeness (QED) is 0.336. The highest BCUT2D eigenvalue weighted by molar-refractivity contribution is 9.09. The molecule has 1 fully saturated rings. The molecule has 0 amide bonds. The van der Waals surface area contributed by atoms with E-state index in [1.54, 1.807) is 12.1 Å². The molecule has 2 unspecified atom stereocenters. The summed E-state index contributed by atoms with van der Waals surface area (Å²) in [5.74, 6) is -0.147. The monoisotopic (exact) mass is 506 g/mol. The highest BCUT2D eigenvalue weighted by Gasteiger charge is 2.44. The molecule has 0 aliphatic carbocycles. The van der Waals surface area contributed by atoms with Gasteiger partial charge in [0.25, 0.3) is 0 Å². The molecule has 0 saturated carbocycles. The van der Waals surface area contributed by atoms with Crippen molar-refractivity contribution in [2.45, 2.75) is 18.3 Å². The molecule has 0 bridgehead atoms. The first kappa shape index (κ1) is 21.7. The van der Waals surface area contributed by atoms with E-state index >= 15 is 0 Å². The predicted octanol–water partition coefficient (Wildman–Crippen LogP) is 6.63. The Hall–Kier alpha value is -1.56. The Labute approximate surface area is 195 Å².